The highest BCUT2D eigenvalue weighted by Crippen LogP contribution is 2.15. The number of nitrogens with one attached hydrogen (secondary N) is 4. The van der Waals surface area contributed by atoms with Gasteiger partial charge in [0.2, 0.25) is 5.91 Å². The largest absolute Gasteiger partial charge is 0.497 e. The van der Waals surface area contributed by atoms with Crippen LogP contribution in [0, 0.1) is 0 Å². The third kappa shape index (κ3) is 4.24. The summed E-state index contributed by atoms with van der Waals surface area (Å²) in [5, 5.41) is 6.07. The predicted octanol–water partition coefficient (Wildman–Crippen LogP) is 2.02. The standard InChI is InChI=1S/C19H22N4O3/c1-12(21-14-5-8-16-17(11-14)23-19(25)22-16)18(24)20-10-9-13-3-6-15(26-2)7-4-13/h3-8,11-12,21H,9-10H2,1-2H3,(H,20,24)(H2,22,23,25). The molecule has 3 aromatic rings. The summed E-state index contributed by atoms with van der Waals surface area (Å²) >= 11 is 0. The van der Waals surface area contributed by atoms with Gasteiger partial charge in [0.05, 0.1) is 18.1 Å². The van der Waals surface area contributed by atoms with Crippen LogP contribution in [0.3, 0.4) is 0 Å². The number of anilines is 1. The Morgan fingerprint density at radius 1 is 1.12 bits per heavy atom. The number of ether oxygens (including phenoxy) is 1. The highest BCUT2D eigenvalue weighted by atomic mass is 16.5. The predicted molar refractivity (Wildman–Crippen MR) is 102 cm³/mol. The number of aromatic nitrogens is 2. The molecule has 1 atom stereocenters. The van der Waals surface area contributed by atoms with E-state index in [9.17, 15) is 9.59 Å². The van der Waals surface area contributed by atoms with Crippen LogP contribution in [0.5, 0.6) is 5.75 Å². The highest BCUT2D eigenvalue weighted by molar-refractivity contribution is 5.85. The Hall–Kier alpha value is -3.22. The molecule has 1 heterocycles. The maximum absolute atomic E-state index is 12.2. The summed E-state index contributed by atoms with van der Waals surface area (Å²) in [6.45, 7) is 2.36. The first-order chi connectivity index (χ1) is 12.5. The molecular formula is C19H22N4O3. The number of imidazole rings is 1. The Morgan fingerprint density at radius 3 is 2.58 bits per heavy atom. The topological polar surface area (TPSA) is 99.0 Å². The van der Waals surface area contributed by atoms with Crippen molar-refractivity contribution in [3.63, 3.8) is 0 Å². The SMILES string of the molecule is COc1ccc(CCNC(=O)C(C)Nc2ccc3[nH]c(=O)[nH]c3c2)cc1. The lowest BCUT2D eigenvalue weighted by atomic mass is 10.1. The fourth-order valence-electron chi connectivity index (χ4n) is 2.71. The molecule has 1 unspecified atom stereocenters. The van der Waals surface area contributed by atoms with Crippen molar-refractivity contribution >= 4 is 22.6 Å². The summed E-state index contributed by atoms with van der Waals surface area (Å²) in [5.41, 5.74) is 3.09. The summed E-state index contributed by atoms with van der Waals surface area (Å²) in [7, 11) is 1.63. The van der Waals surface area contributed by atoms with Gasteiger partial charge in [-0.25, -0.2) is 4.79 Å². The van der Waals surface area contributed by atoms with E-state index in [1.807, 2.05) is 30.3 Å². The van der Waals surface area contributed by atoms with Crippen LogP contribution in [0.2, 0.25) is 0 Å². The van der Waals surface area contributed by atoms with Crippen LogP contribution < -0.4 is 21.1 Å². The molecule has 3 rings (SSSR count). The summed E-state index contributed by atoms with van der Waals surface area (Å²) in [6.07, 6.45) is 0.749. The first-order valence-electron chi connectivity index (χ1n) is 8.44. The Labute approximate surface area is 150 Å². The minimum absolute atomic E-state index is 0.0822. The Morgan fingerprint density at radius 2 is 1.85 bits per heavy atom. The average Bonchev–Trinajstić information content (AvgIpc) is 3.01. The molecule has 1 aromatic heterocycles. The molecule has 4 N–H and O–H groups in total. The number of hydrogen-bond donors (Lipinski definition) is 4. The molecule has 2 aromatic carbocycles. The third-order valence-electron chi connectivity index (χ3n) is 4.16. The zero-order valence-corrected chi connectivity index (χ0v) is 14.8. The fourth-order valence-corrected chi connectivity index (χ4v) is 2.71. The fraction of sp³-hybridized carbons (Fsp3) is 0.263. The number of rotatable bonds is 7. The molecule has 0 aliphatic carbocycles. The van der Waals surface area contributed by atoms with Crippen molar-refractivity contribution in [3.05, 3.63) is 58.5 Å². The maximum atomic E-state index is 12.2. The lowest BCUT2D eigenvalue weighted by Crippen LogP contribution is -2.38. The second kappa shape index (κ2) is 7.77. The van der Waals surface area contributed by atoms with E-state index in [0.29, 0.717) is 12.1 Å². The quantitative estimate of drug-likeness (QED) is 0.522. The van der Waals surface area contributed by atoms with E-state index in [2.05, 4.69) is 20.6 Å². The lowest BCUT2D eigenvalue weighted by Gasteiger charge is -2.15. The van der Waals surface area contributed by atoms with Gasteiger partial charge >= 0.3 is 5.69 Å². The number of methoxy groups -OCH3 is 1. The smallest absolute Gasteiger partial charge is 0.323 e. The molecule has 0 aliphatic heterocycles. The Kier molecular flexibility index (Phi) is 5.26. The van der Waals surface area contributed by atoms with E-state index in [-0.39, 0.29) is 11.6 Å². The van der Waals surface area contributed by atoms with Gasteiger partial charge < -0.3 is 25.3 Å². The molecule has 0 aliphatic rings. The summed E-state index contributed by atoms with van der Waals surface area (Å²) in [6, 6.07) is 12.8. The van der Waals surface area contributed by atoms with Gasteiger partial charge in [-0.1, -0.05) is 12.1 Å². The molecule has 7 nitrogen and oxygen atoms in total. The van der Waals surface area contributed by atoms with Crippen molar-refractivity contribution in [1.82, 2.24) is 15.3 Å². The van der Waals surface area contributed by atoms with E-state index >= 15 is 0 Å². The number of hydrogen-bond acceptors (Lipinski definition) is 4. The number of H-pyrrole nitrogens is 2. The molecular weight excluding hydrogens is 332 g/mol. The summed E-state index contributed by atoms with van der Waals surface area (Å²) < 4.78 is 5.13. The van der Waals surface area contributed by atoms with Gasteiger partial charge in [-0.15, -0.1) is 0 Å². The van der Waals surface area contributed by atoms with E-state index in [0.717, 1.165) is 28.9 Å². The van der Waals surface area contributed by atoms with E-state index in [4.69, 9.17) is 4.74 Å². The molecule has 0 saturated heterocycles. The minimum atomic E-state index is -0.394. The van der Waals surface area contributed by atoms with Crippen LogP contribution in [0.15, 0.2) is 47.3 Å². The first kappa shape index (κ1) is 17.6. The zero-order chi connectivity index (χ0) is 18.5. The van der Waals surface area contributed by atoms with Gasteiger partial charge in [0.25, 0.3) is 0 Å². The summed E-state index contributed by atoms with van der Waals surface area (Å²) in [5.74, 6) is 0.734. The maximum Gasteiger partial charge on any atom is 0.323 e. The number of aromatic amines is 2. The van der Waals surface area contributed by atoms with Crippen LogP contribution in [-0.2, 0) is 11.2 Å². The van der Waals surface area contributed by atoms with Gasteiger partial charge in [0, 0.05) is 12.2 Å². The average molecular weight is 354 g/mol. The number of fused-ring (bicyclic) bond motifs is 1. The Balaban J connectivity index is 1.50. The number of benzene rings is 2. The van der Waals surface area contributed by atoms with Crippen molar-refractivity contribution in [2.45, 2.75) is 19.4 Å². The van der Waals surface area contributed by atoms with Crippen molar-refractivity contribution in [3.8, 4) is 5.75 Å². The van der Waals surface area contributed by atoms with Crippen LogP contribution in [-0.4, -0.2) is 35.6 Å². The second-order valence-corrected chi connectivity index (χ2v) is 6.09. The normalized spacial score (nSPS) is 11.9. The van der Waals surface area contributed by atoms with E-state index in [1.165, 1.54) is 0 Å². The lowest BCUT2D eigenvalue weighted by molar-refractivity contribution is -0.121. The molecule has 0 bridgehead atoms. The van der Waals surface area contributed by atoms with Crippen LogP contribution in [0.4, 0.5) is 5.69 Å². The molecule has 26 heavy (non-hydrogen) atoms. The first-order valence-corrected chi connectivity index (χ1v) is 8.44. The highest BCUT2D eigenvalue weighted by Gasteiger charge is 2.12. The zero-order valence-electron chi connectivity index (χ0n) is 14.8. The van der Waals surface area contributed by atoms with E-state index < -0.39 is 6.04 Å². The summed E-state index contributed by atoms with van der Waals surface area (Å²) in [4.78, 5) is 28.9. The van der Waals surface area contributed by atoms with Crippen LogP contribution >= 0.6 is 0 Å². The van der Waals surface area contributed by atoms with Gasteiger partial charge in [-0.3, -0.25) is 4.79 Å². The van der Waals surface area contributed by atoms with E-state index in [1.54, 1.807) is 26.2 Å². The molecule has 0 spiro atoms. The molecule has 1 amide bonds. The van der Waals surface area contributed by atoms with Gasteiger partial charge in [0.1, 0.15) is 11.8 Å². The van der Waals surface area contributed by atoms with Crippen LogP contribution in [0.25, 0.3) is 11.0 Å². The van der Waals surface area contributed by atoms with Crippen molar-refractivity contribution in [2.24, 2.45) is 0 Å². The number of carbonyl (C=O) groups excluding carboxylic acids is 1. The molecule has 0 saturated carbocycles. The number of amides is 1. The van der Waals surface area contributed by atoms with Crippen molar-refractivity contribution < 1.29 is 9.53 Å². The molecule has 0 fully saturated rings. The second-order valence-electron chi connectivity index (χ2n) is 6.09. The van der Waals surface area contributed by atoms with Crippen molar-refractivity contribution in [1.29, 1.82) is 0 Å². The van der Waals surface area contributed by atoms with Crippen LogP contribution in [0.1, 0.15) is 12.5 Å². The van der Waals surface area contributed by atoms with Gasteiger partial charge in [-0.05, 0) is 49.2 Å². The van der Waals surface area contributed by atoms with Gasteiger partial charge in [0.15, 0.2) is 0 Å². The van der Waals surface area contributed by atoms with Gasteiger partial charge in [-0.2, -0.15) is 0 Å². The molecule has 0 radical (unpaired) electrons. The Bertz CT molecular complexity index is 943. The minimum Gasteiger partial charge on any atom is -0.497 e. The molecule has 7 heteroatoms. The number of carbonyl (C=O) groups is 1. The monoisotopic (exact) mass is 354 g/mol. The van der Waals surface area contributed by atoms with Crippen molar-refractivity contribution in [2.75, 3.05) is 19.0 Å². The third-order valence-corrected chi connectivity index (χ3v) is 4.16. The molecule has 136 valence electrons.